The molecule has 0 radical (unpaired) electrons. The van der Waals surface area contributed by atoms with Crippen LogP contribution in [0.1, 0.15) is 135 Å². The number of hydrogen-bond donors (Lipinski definition) is 0. The van der Waals surface area contributed by atoms with Gasteiger partial charge in [0, 0.05) is 6.92 Å². The molecule has 0 aromatic carbocycles. The van der Waals surface area contributed by atoms with Gasteiger partial charge >= 0.3 is 0 Å². The van der Waals surface area contributed by atoms with Gasteiger partial charge in [0.05, 0.1) is 13.1 Å². The van der Waals surface area contributed by atoms with Gasteiger partial charge in [0.1, 0.15) is 12.4 Å². The van der Waals surface area contributed by atoms with E-state index in [1.165, 1.54) is 134 Å². The van der Waals surface area contributed by atoms with Crippen LogP contribution in [0, 0.1) is 6.92 Å². The van der Waals surface area contributed by atoms with E-state index in [0.29, 0.717) is 0 Å². The molecule has 0 aliphatic heterocycles. The zero-order valence-corrected chi connectivity index (χ0v) is 19.7. The minimum absolute atomic E-state index is 1.19. The maximum atomic E-state index is 2.46. The van der Waals surface area contributed by atoms with Crippen LogP contribution in [0.3, 0.4) is 0 Å². The summed E-state index contributed by atoms with van der Waals surface area (Å²) < 4.78 is 4.90. The summed E-state index contributed by atoms with van der Waals surface area (Å²) in [5.74, 6) is 1.44. The summed E-state index contributed by atoms with van der Waals surface area (Å²) in [6, 6.07) is 0. The Hall–Kier alpha value is -0.790. The lowest BCUT2D eigenvalue weighted by Crippen LogP contribution is -2.35. The molecule has 1 aromatic rings. The van der Waals surface area contributed by atoms with Gasteiger partial charge in [-0.05, 0) is 25.7 Å². The SMILES string of the molecule is CCCCCCCCCCCCCCCC[n+]1ccn(CCCCCC)c1C. The summed E-state index contributed by atoms with van der Waals surface area (Å²) in [5, 5.41) is 0. The van der Waals surface area contributed by atoms with Crippen LogP contribution in [0.2, 0.25) is 0 Å². The fraction of sp³-hybridized carbons (Fsp3) is 0.885. The third-order valence-electron chi connectivity index (χ3n) is 6.26. The van der Waals surface area contributed by atoms with E-state index < -0.39 is 0 Å². The second kappa shape index (κ2) is 18.3. The predicted molar refractivity (Wildman–Crippen MR) is 124 cm³/mol. The molecule has 0 aliphatic rings. The first-order valence-electron chi connectivity index (χ1n) is 12.8. The van der Waals surface area contributed by atoms with Crippen molar-refractivity contribution in [3.63, 3.8) is 0 Å². The quantitative estimate of drug-likeness (QED) is 0.157. The van der Waals surface area contributed by atoms with Gasteiger partial charge in [0.15, 0.2) is 0 Å². The van der Waals surface area contributed by atoms with Gasteiger partial charge in [-0.3, -0.25) is 0 Å². The molecule has 1 heterocycles. The summed E-state index contributed by atoms with van der Waals surface area (Å²) >= 11 is 0. The van der Waals surface area contributed by atoms with Crippen LogP contribution in [0.5, 0.6) is 0 Å². The van der Waals surface area contributed by atoms with E-state index in [1.54, 1.807) is 0 Å². The lowest BCUT2D eigenvalue weighted by molar-refractivity contribution is -0.702. The average molecular weight is 392 g/mol. The fourth-order valence-corrected chi connectivity index (χ4v) is 4.20. The molecule has 0 N–H and O–H groups in total. The Balaban J connectivity index is 1.91. The Morgan fingerprint density at radius 1 is 0.607 bits per heavy atom. The van der Waals surface area contributed by atoms with Gasteiger partial charge in [0.2, 0.25) is 0 Å². The molecule has 0 saturated heterocycles. The van der Waals surface area contributed by atoms with Crippen LogP contribution >= 0.6 is 0 Å². The van der Waals surface area contributed by atoms with Crippen molar-refractivity contribution >= 4 is 0 Å². The van der Waals surface area contributed by atoms with Gasteiger partial charge in [0.25, 0.3) is 5.82 Å². The monoisotopic (exact) mass is 391 g/mol. The highest BCUT2D eigenvalue weighted by Gasteiger charge is 2.11. The molecule has 2 heteroatoms. The molecule has 0 fully saturated rings. The maximum Gasteiger partial charge on any atom is 0.253 e. The standard InChI is InChI=1S/C26H51N2/c1-4-6-8-10-11-12-13-14-15-16-17-18-19-21-23-28-25-24-27(26(28)3)22-20-9-7-5-2/h24-25H,4-23H2,1-3H3/q+1. The van der Waals surface area contributed by atoms with Crippen molar-refractivity contribution in [3.8, 4) is 0 Å². The summed E-state index contributed by atoms with van der Waals surface area (Å²) in [4.78, 5) is 0. The molecule has 1 aromatic heterocycles. The van der Waals surface area contributed by atoms with Gasteiger partial charge in [-0.25, -0.2) is 9.13 Å². The Bertz CT molecular complexity index is 449. The van der Waals surface area contributed by atoms with Gasteiger partial charge in [-0.1, -0.05) is 104 Å². The van der Waals surface area contributed by atoms with E-state index in [-0.39, 0.29) is 0 Å². The summed E-state index contributed by atoms with van der Waals surface area (Å²) in [5.41, 5.74) is 0. The van der Waals surface area contributed by atoms with E-state index in [1.807, 2.05) is 0 Å². The number of aromatic nitrogens is 2. The van der Waals surface area contributed by atoms with Crippen LogP contribution in [-0.4, -0.2) is 4.57 Å². The first-order valence-corrected chi connectivity index (χ1v) is 12.8. The second-order valence-electron chi connectivity index (χ2n) is 8.89. The highest BCUT2D eigenvalue weighted by Crippen LogP contribution is 2.13. The lowest BCUT2D eigenvalue weighted by Gasteiger charge is -2.04. The van der Waals surface area contributed by atoms with Gasteiger partial charge in [-0.15, -0.1) is 0 Å². The van der Waals surface area contributed by atoms with Crippen LogP contribution in [0.25, 0.3) is 0 Å². The van der Waals surface area contributed by atoms with Crippen molar-refractivity contribution in [1.29, 1.82) is 0 Å². The van der Waals surface area contributed by atoms with E-state index in [2.05, 4.69) is 42.3 Å². The molecule has 0 saturated carbocycles. The van der Waals surface area contributed by atoms with E-state index in [0.717, 1.165) is 0 Å². The van der Waals surface area contributed by atoms with Crippen molar-refractivity contribution in [2.45, 2.75) is 149 Å². The molecule has 164 valence electrons. The second-order valence-corrected chi connectivity index (χ2v) is 8.89. The van der Waals surface area contributed by atoms with E-state index >= 15 is 0 Å². The average Bonchev–Trinajstić information content (AvgIpc) is 3.05. The first-order chi connectivity index (χ1) is 13.8. The molecule has 0 amide bonds. The fourth-order valence-electron chi connectivity index (χ4n) is 4.20. The van der Waals surface area contributed by atoms with Crippen LogP contribution in [-0.2, 0) is 13.1 Å². The number of imidazole rings is 1. The Morgan fingerprint density at radius 3 is 1.54 bits per heavy atom. The van der Waals surface area contributed by atoms with Crippen molar-refractivity contribution in [2.24, 2.45) is 0 Å². The molecule has 1 rings (SSSR count). The van der Waals surface area contributed by atoms with Crippen LogP contribution < -0.4 is 4.57 Å². The molecular weight excluding hydrogens is 340 g/mol. The largest absolute Gasteiger partial charge is 0.253 e. The number of nitrogens with zero attached hydrogens (tertiary/aromatic N) is 2. The number of unbranched alkanes of at least 4 members (excludes halogenated alkanes) is 16. The molecule has 0 spiro atoms. The highest BCUT2D eigenvalue weighted by molar-refractivity contribution is 4.79. The van der Waals surface area contributed by atoms with Gasteiger partial charge < -0.3 is 0 Å². The minimum Gasteiger partial charge on any atom is -0.234 e. The lowest BCUT2D eigenvalue weighted by atomic mass is 10.0. The molecule has 28 heavy (non-hydrogen) atoms. The molecular formula is C26H51N2+. The summed E-state index contributed by atoms with van der Waals surface area (Å²) in [6.07, 6.45) is 30.1. The van der Waals surface area contributed by atoms with Gasteiger partial charge in [-0.2, -0.15) is 0 Å². The number of hydrogen-bond acceptors (Lipinski definition) is 0. The Kier molecular flexibility index (Phi) is 16.5. The molecule has 0 bridgehead atoms. The van der Waals surface area contributed by atoms with Crippen molar-refractivity contribution in [3.05, 3.63) is 18.2 Å². The highest BCUT2D eigenvalue weighted by atomic mass is 15.1. The molecule has 0 unspecified atom stereocenters. The third kappa shape index (κ3) is 12.6. The summed E-state index contributed by atoms with van der Waals surface area (Å²) in [6.45, 7) is 9.26. The normalized spacial score (nSPS) is 11.4. The van der Waals surface area contributed by atoms with Crippen molar-refractivity contribution in [2.75, 3.05) is 0 Å². The molecule has 0 aliphatic carbocycles. The third-order valence-corrected chi connectivity index (χ3v) is 6.26. The topological polar surface area (TPSA) is 8.81 Å². The van der Waals surface area contributed by atoms with E-state index in [9.17, 15) is 0 Å². The number of rotatable bonds is 20. The summed E-state index contributed by atoms with van der Waals surface area (Å²) in [7, 11) is 0. The number of aryl methyl sites for hydroxylation is 2. The Morgan fingerprint density at radius 2 is 1.04 bits per heavy atom. The smallest absolute Gasteiger partial charge is 0.234 e. The maximum absolute atomic E-state index is 2.46. The zero-order valence-electron chi connectivity index (χ0n) is 19.7. The van der Waals surface area contributed by atoms with Crippen LogP contribution in [0.15, 0.2) is 12.4 Å². The predicted octanol–water partition coefficient (Wildman–Crippen LogP) is 8.15. The van der Waals surface area contributed by atoms with E-state index in [4.69, 9.17) is 0 Å². The van der Waals surface area contributed by atoms with Crippen molar-refractivity contribution in [1.82, 2.24) is 4.57 Å². The molecule has 0 atom stereocenters. The first kappa shape index (κ1) is 25.2. The Labute approximate surface area is 177 Å². The van der Waals surface area contributed by atoms with Crippen LogP contribution in [0.4, 0.5) is 0 Å². The molecule has 2 nitrogen and oxygen atoms in total. The minimum atomic E-state index is 1.19. The zero-order chi connectivity index (χ0) is 20.3. The van der Waals surface area contributed by atoms with Crippen molar-refractivity contribution < 1.29 is 4.57 Å².